The molecule has 4 rings (SSSR count). The number of rotatable bonds is 6. The lowest BCUT2D eigenvalue weighted by molar-refractivity contribution is 0.102. The zero-order chi connectivity index (χ0) is 19.3. The number of tetrazole rings is 1. The van der Waals surface area contributed by atoms with E-state index in [1.54, 1.807) is 16.8 Å². The summed E-state index contributed by atoms with van der Waals surface area (Å²) >= 11 is 7.33. The van der Waals surface area contributed by atoms with Gasteiger partial charge >= 0.3 is 0 Å². The van der Waals surface area contributed by atoms with E-state index >= 15 is 0 Å². The number of carbonyl (C=O) groups excluding carboxylic acids is 1. The van der Waals surface area contributed by atoms with Crippen molar-refractivity contribution in [2.75, 3.05) is 5.75 Å². The van der Waals surface area contributed by atoms with E-state index in [1.165, 1.54) is 11.8 Å². The summed E-state index contributed by atoms with van der Waals surface area (Å²) in [5.74, 6) is 0.260. The first-order chi connectivity index (χ1) is 13.7. The van der Waals surface area contributed by atoms with Crippen LogP contribution in [0.1, 0.15) is 10.4 Å². The fourth-order valence-corrected chi connectivity index (χ4v) is 3.70. The maximum Gasteiger partial charge on any atom is 0.214 e. The molecule has 0 amide bonds. The van der Waals surface area contributed by atoms with Gasteiger partial charge in [0.05, 0.1) is 11.4 Å². The summed E-state index contributed by atoms with van der Waals surface area (Å²) in [6, 6.07) is 24.9. The van der Waals surface area contributed by atoms with Crippen LogP contribution >= 0.6 is 23.4 Å². The minimum Gasteiger partial charge on any atom is -0.293 e. The number of Topliss-reactive ketones (excluding diaryl/α,β-unsaturated/α-hetero) is 1. The third kappa shape index (κ3) is 4.13. The summed E-state index contributed by atoms with van der Waals surface area (Å²) in [6.45, 7) is 0. The van der Waals surface area contributed by atoms with Crippen LogP contribution in [-0.4, -0.2) is 31.7 Å². The van der Waals surface area contributed by atoms with Crippen molar-refractivity contribution in [1.82, 2.24) is 20.2 Å². The fraction of sp³-hybridized carbons (Fsp3) is 0.0476. The lowest BCUT2D eigenvalue weighted by Gasteiger charge is -2.05. The number of hydrogen-bond donors (Lipinski definition) is 0. The van der Waals surface area contributed by atoms with Gasteiger partial charge in [-0.05, 0) is 39.8 Å². The molecule has 7 heteroatoms. The Labute approximate surface area is 171 Å². The van der Waals surface area contributed by atoms with Gasteiger partial charge in [-0.25, -0.2) is 0 Å². The molecule has 0 aliphatic rings. The second-order valence-electron chi connectivity index (χ2n) is 6.01. The largest absolute Gasteiger partial charge is 0.293 e. The highest BCUT2D eigenvalue weighted by atomic mass is 35.5. The van der Waals surface area contributed by atoms with Crippen LogP contribution in [0.15, 0.2) is 84.0 Å². The van der Waals surface area contributed by atoms with Gasteiger partial charge in [-0.3, -0.25) is 4.79 Å². The van der Waals surface area contributed by atoms with Gasteiger partial charge in [0, 0.05) is 10.6 Å². The quantitative estimate of drug-likeness (QED) is 0.334. The molecule has 0 radical (unpaired) electrons. The number of halogens is 1. The number of ketones is 1. The zero-order valence-electron chi connectivity index (χ0n) is 14.7. The van der Waals surface area contributed by atoms with Crippen molar-refractivity contribution in [3.63, 3.8) is 0 Å². The number of hydrogen-bond acceptors (Lipinski definition) is 5. The molecule has 28 heavy (non-hydrogen) atoms. The smallest absolute Gasteiger partial charge is 0.214 e. The minimum atomic E-state index is 0.0188. The van der Waals surface area contributed by atoms with Crippen LogP contribution in [0.3, 0.4) is 0 Å². The van der Waals surface area contributed by atoms with Gasteiger partial charge in [-0.1, -0.05) is 84.0 Å². The molecule has 0 spiro atoms. The zero-order valence-corrected chi connectivity index (χ0v) is 16.3. The Hall–Kier alpha value is -2.96. The predicted molar refractivity (Wildman–Crippen MR) is 111 cm³/mol. The van der Waals surface area contributed by atoms with Crippen LogP contribution in [0, 0.1) is 0 Å². The van der Waals surface area contributed by atoms with E-state index in [-0.39, 0.29) is 11.5 Å². The highest BCUT2D eigenvalue weighted by molar-refractivity contribution is 7.99. The SMILES string of the molecule is O=C(CSc1nnnn1-c1cccc(Cl)c1)c1ccc(-c2ccccc2)cc1. The molecule has 1 aromatic heterocycles. The van der Waals surface area contributed by atoms with Gasteiger partial charge in [0.15, 0.2) is 5.78 Å². The van der Waals surface area contributed by atoms with Crippen molar-refractivity contribution in [3.8, 4) is 16.8 Å². The average molecular weight is 407 g/mol. The normalized spacial score (nSPS) is 10.8. The Morgan fingerprint density at radius 3 is 2.43 bits per heavy atom. The highest BCUT2D eigenvalue weighted by Crippen LogP contribution is 2.23. The summed E-state index contributed by atoms with van der Waals surface area (Å²) in [4.78, 5) is 12.6. The third-order valence-corrected chi connectivity index (χ3v) is 5.29. The first kappa shape index (κ1) is 18.4. The maximum atomic E-state index is 12.6. The molecular formula is C21H15ClN4OS. The molecule has 138 valence electrons. The Bertz CT molecular complexity index is 1100. The van der Waals surface area contributed by atoms with Gasteiger partial charge in [0.1, 0.15) is 0 Å². The average Bonchev–Trinajstić information content (AvgIpc) is 3.21. The second-order valence-corrected chi connectivity index (χ2v) is 7.39. The van der Waals surface area contributed by atoms with Crippen molar-refractivity contribution in [2.24, 2.45) is 0 Å². The molecule has 0 unspecified atom stereocenters. The Morgan fingerprint density at radius 2 is 1.68 bits per heavy atom. The van der Waals surface area contributed by atoms with E-state index in [1.807, 2.05) is 66.7 Å². The molecule has 1 heterocycles. The van der Waals surface area contributed by atoms with E-state index < -0.39 is 0 Å². The van der Waals surface area contributed by atoms with Gasteiger partial charge in [0.2, 0.25) is 5.16 Å². The van der Waals surface area contributed by atoms with Crippen molar-refractivity contribution in [2.45, 2.75) is 5.16 Å². The lowest BCUT2D eigenvalue weighted by Crippen LogP contribution is -2.05. The Balaban J connectivity index is 1.45. The molecule has 5 nitrogen and oxygen atoms in total. The highest BCUT2D eigenvalue weighted by Gasteiger charge is 2.13. The second kappa shape index (κ2) is 8.37. The molecule has 0 N–H and O–H groups in total. The molecular weight excluding hydrogens is 392 g/mol. The third-order valence-electron chi connectivity index (χ3n) is 4.14. The molecule has 0 fully saturated rings. The molecule has 3 aromatic carbocycles. The van der Waals surface area contributed by atoms with E-state index in [4.69, 9.17) is 11.6 Å². The number of carbonyl (C=O) groups is 1. The van der Waals surface area contributed by atoms with Gasteiger partial charge in [0.25, 0.3) is 0 Å². The van der Waals surface area contributed by atoms with Crippen molar-refractivity contribution in [3.05, 3.63) is 89.4 Å². The van der Waals surface area contributed by atoms with E-state index in [0.29, 0.717) is 15.7 Å². The maximum absolute atomic E-state index is 12.6. The van der Waals surface area contributed by atoms with E-state index in [9.17, 15) is 4.79 Å². The lowest BCUT2D eigenvalue weighted by atomic mass is 10.0. The number of benzene rings is 3. The van der Waals surface area contributed by atoms with Crippen LogP contribution in [0.2, 0.25) is 5.02 Å². The fourth-order valence-electron chi connectivity index (χ4n) is 2.73. The number of aromatic nitrogens is 4. The molecule has 0 aliphatic heterocycles. The first-order valence-electron chi connectivity index (χ1n) is 8.56. The van der Waals surface area contributed by atoms with Crippen molar-refractivity contribution in [1.29, 1.82) is 0 Å². The van der Waals surface area contributed by atoms with Gasteiger partial charge in [-0.2, -0.15) is 4.68 Å². The summed E-state index contributed by atoms with van der Waals surface area (Å²) in [5, 5.41) is 12.8. The summed E-state index contributed by atoms with van der Waals surface area (Å²) in [5.41, 5.74) is 3.61. The van der Waals surface area contributed by atoms with Crippen LogP contribution in [0.5, 0.6) is 0 Å². The van der Waals surface area contributed by atoms with Crippen molar-refractivity contribution >= 4 is 29.1 Å². The summed E-state index contributed by atoms with van der Waals surface area (Å²) < 4.78 is 1.57. The Kier molecular flexibility index (Phi) is 5.50. The van der Waals surface area contributed by atoms with Crippen LogP contribution in [-0.2, 0) is 0 Å². The Morgan fingerprint density at radius 1 is 0.929 bits per heavy atom. The van der Waals surface area contributed by atoms with Crippen LogP contribution in [0.4, 0.5) is 0 Å². The number of nitrogens with zero attached hydrogens (tertiary/aromatic N) is 4. The van der Waals surface area contributed by atoms with Crippen LogP contribution < -0.4 is 0 Å². The van der Waals surface area contributed by atoms with E-state index in [2.05, 4.69) is 15.5 Å². The molecule has 4 aromatic rings. The topological polar surface area (TPSA) is 60.7 Å². The molecule has 0 aliphatic carbocycles. The molecule has 0 atom stereocenters. The van der Waals surface area contributed by atoms with Gasteiger partial charge < -0.3 is 0 Å². The molecule has 0 saturated heterocycles. The molecule has 0 saturated carbocycles. The van der Waals surface area contributed by atoms with E-state index in [0.717, 1.165) is 16.8 Å². The summed E-state index contributed by atoms with van der Waals surface area (Å²) in [6.07, 6.45) is 0. The van der Waals surface area contributed by atoms with Crippen LogP contribution in [0.25, 0.3) is 16.8 Å². The monoisotopic (exact) mass is 406 g/mol. The first-order valence-corrected chi connectivity index (χ1v) is 9.93. The number of thioether (sulfide) groups is 1. The standard InChI is InChI=1S/C21H15ClN4OS/c22-18-7-4-8-19(13-18)26-21(23-24-25-26)28-14-20(27)17-11-9-16(10-12-17)15-5-2-1-3-6-15/h1-13H,14H2. The van der Waals surface area contributed by atoms with Gasteiger partial charge in [-0.15, -0.1) is 5.10 Å². The minimum absolute atomic E-state index is 0.0188. The predicted octanol–water partition coefficient (Wildman–Crippen LogP) is 4.96. The van der Waals surface area contributed by atoms with Crippen molar-refractivity contribution < 1.29 is 4.79 Å². The summed E-state index contributed by atoms with van der Waals surface area (Å²) in [7, 11) is 0. The molecule has 0 bridgehead atoms.